The second-order valence-corrected chi connectivity index (χ2v) is 14.6. The van der Waals surface area contributed by atoms with Crippen molar-refractivity contribution in [2.45, 2.75) is 0 Å². The van der Waals surface area contributed by atoms with Gasteiger partial charge in [0, 0.05) is 50.0 Å². The smallest absolute Gasteiger partial charge is 0.0542 e. The van der Waals surface area contributed by atoms with Crippen LogP contribution in [0.1, 0.15) is 0 Å². The molecule has 0 spiro atoms. The van der Waals surface area contributed by atoms with E-state index in [1.165, 1.54) is 65.9 Å². The molecule has 0 fully saturated rings. The number of benzene rings is 9. The van der Waals surface area contributed by atoms with Crippen molar-refractivity contribution in [1.82, 2.24) is 9.13 Å². The Hall–Kier alpha value is -7.62. The van der Waals surface area contributed by atoms with Crippen molar-refractivity contribution in [3.63, 3.8) is 0 Å². The van der Waals surface area contributed by atoms with Gasteiger partial charge in [-0.2, -0.15) is 0 Å². The first kappa shape index (κ1) is 32.8. The Morgan fingerprint density at radius 1 is 0.246 bits per heavy atom. The minimum absolute atomic E-state index is 1.11. The van der Waals surface area contributed by atoms with E-state index in [-0.39, 0.29) is 0 Å². The van der Waals surface area contributed by atoms with Crippen LogP contribution in [0, 0.1) is 0 Å². The lowest BCUT2D eigenvalue weighted by Crippen LogP contribution is -2.09. The summed E-state index contributed by atoms with van der Waals surface area (Å²) < 4.78 is 4.78. The first-order valence-electron chi connectivity index (χ1n) is 19.5. The maximum absolute atomic E-state index is 2.39. The van der Waals surface area contributed by atoms with Gasteiger partial charge in [0.05, 0.1) is 22.1 Å². The molecule has 2 heterocycles. The van der Waals surface area contributed by atoms with Crippen LogP contribution in [0.4, 0.5) is 17.1 Å². The van der Waals surface area contributed by atoms with Gasteiger partial charge < -0.3 is 14.0 Å². The van der Waals surface area contributed by atoms with Crippen molar-refractivity contribution in [2.75, 3.05) is 4.90 Å². The second kappa shape index (κ2) is 13.6. The molecular weight excluding hydrogens is 691 g/mol. The zero-order valence-electron chi connectivity index (χ0n) is 31.2. The van der Waals surface area contributed by atoms with Crippen LogP contribution in [0.15, 0.2) is 224 Å². The average Bonchev–Trinajstić information content (AvgIpc) is 3.80. The Bertz CT molecular complexity index is 2990. The summed E-state index contributed by atoms with van der Waals surface area (Å²) in [6.45, 7) is 0. The molecule has 0 bridgehead atoms. The summed E-state index contributed by atoms with van der Waals surface area (Å²) in [5.41, 5.74) is 15.2. The molecule has 0 saturated carbocycles. The summed E-state index contributed by atoms with van der Waals surface area (Å²) in [4.78, 5) is 2.39. The molecule has 9 aromatic carbocycles. The van der Waals surface area contributed by atoms with Gasteiger partial charge >= 0.3 is 0 Å². The third-order valence-electron chi connectivity index (χ3n) is 11.3. The summed E-state index contributed by atoms with van der Waals surface area (Å²) in [6.07, 6.45) is 0. The molecule has 3 nitrogen and oxygen atoms in total. The van der Waals surface area contributed by atoms with E-state index in [1.807, 2.05) is 0 Å². The molecule has 0 aliphatic heterocycles. The van der Waals surface area contributed by atoms with Crippen molar-refractivity contribution < 1.29 is 0 Å². The maximum atomic E-state index is 2.39. The lowest BCUT2D eigenvalue weighted by molar-refractivity contribution is 1.18. The number of hydrogen-bond acceptors (Lipinski definition) is 1. The topological polar surface area (TPSA) is 13.1 Å². The van der Waals surface area contributed by atoms with Crippen LogP contribution in [-0.4, -0.2) is 9.13 Å². The quantitative estimate of drug-likeness (QED) is 0.159. The summed E-state index contributed by atoms with van der Waals surface area (Å²) in [7, 11) is 0. The molecule has 0 unspecified atom stereocenters. The number of hydrogen-bond donors (Lipinski definition) is 0. The standard InChI is InChI=1S/C54H37N3/c1-4-14-38(15-5-1)40-24-28-43(29-25-40)56-51-22-12-10-20-47(51)49-36-45(32-34-53(49)56)55(42-18-8-3-9-19-42)46-33-35-54-50(37-46)48-21-11-13-23-52(48)57(54)44-30-26-41(27-31-44)39-16-6-2-7-17-39/h1-37H. The molecule has 0 amide bonds. The van der Waals surface area contributed by atoms with Crippen molar-refractivity contribution in [3.8, 4) is 33.6 Å². The fourth-order valence-electron chi connectivity index (χ4n) is 8.65. The minimum Gasteiger partial charge on any atom is -0.310 e. The predicted octanol–water partition coefficient (Wildman–Crippen LogP) is 14.7. The molecule has 268 valence electrons. The number of para-hydroxylation sites is 3. The Morgan fingerprint density at radius 3 is 1.04 bits per heavy atom. The van der Waals surface area contributed by atoms with Crippen LogP contribution >= 0.6 is 0 Å². The van der Waals surface area contributed by atoms with E-state index in [1.54, 1.807) is 0 Å². The molecule has 0 radical (unpaired) electrons. The van der Waals surface area contributed by atoms with Crippen LogP contribution < -0.4 is 4.90 Å². The molecule has 11 aromatic rings. The third kappa shape index (κ3) is 5.60. The minimum atomic E-state index is 1.11. The van der Waals surface area contributed by atoms with Gasteiger partial charge in [-0.1, -0.05) is 140 Å². The highest BCUT2D eigenvalue weighted by atomic mass is 15.1. The summed E-state index contributed by atoms with van der Waals surface area (Å²) in [5.74, 6) is 0. The van der Waals surface area contributed by atoms with Crippen molar-refractivity contribution >= 4 is 60.7 Å². The van der Waals surface area contributed by atoms with E-state index in [9.17, 15) is 0 Å². The number of aromatic nitrogens is 2. The Morgan fingerprint density at radius 2 is 0.596 bits per heavy atom. The van der Waals surface area contributed by atoms with Gasteiger partial charge in [-0.15, -0.1) is 0 Å². The van der Waals surface area contributed by atoms with E-state index in [2.05, 4.69) is 238 Å². The lowest BCUT2D eigenvalue weighted by atomic mass is 10.1. The maximum Gasteiger partial charge on any atom is 0.0542 e. The molecule has 0 aliphatic rings. The molecule has 0 aliphatic carbocycles. The van der Waals surface area contributed by atoms with Gasteiger partial charge in [0.15, 0.2) is 0 Å². The van der Waals surface area contributed by atoms with Gasteiger partial charge in [0.2, 0.25) is 0 Å². The largest absolute Gasteiger partial charge is 0.310 e. The van der Waals surface area contributed by atoms with Crippen molar-refractivity contribution in [1.29, 1.82) is 0 Å². The van der Waals surface area contributed by atoms with E-state index < -0.39 is 0 Å². The number of nitrogens with zero attached hydrogens (tertiary/aromatic N) is 3. The molecule has 0 N–H and O–H groups in total. The first-order valence-corrected chi connectivity index (χ1v) is 19.5. The molecular formula is C54H37N3. The number of fused-ring (bicyclic) bond motifs is 6. The SMILES string of the molecule is c1ccc(-c2ccc(-n3c4ccccc4c4cc(N(c5ccccc5)c5ccc6c(c5)c5ccccc5n6-c5ccc(-c6ccccc6)cc5)ccc43)cc2)cc1. The summed E-state index contributed by atoms with van der Waals surface area (Å²) in [6, 6.07) is 81.1. The second-order valence-electron chi connectivity index (χ2n) is 14.6. The fourth-order valence-corrected chi connectivity index (χ4v) is 8.65. The van der Waals surface area contributed by atoms with Gasteiger partial charge in [0.1, 0.15) is 0 Å². The van der Waals surface area contributed by atoms with Crippen LogP contribution in [0.5, 0.6) is 0 Å². The third-order valence-corrected chi connectivity index (χ3v) is 11.3. The summed E-state index contributed by atoms with van der Waals surface area (Å²) >= 11 is 0. The van der Waals surface area contributed by atoms with E-state index in [0.717, 1.165) is 28.4 Å². The number of anilines is 3. The Balaban J connectivity index is 1.05. The van der Waals surface area contributed by atoms with E-state index >= 15 is 0 Å². The van der Waals surface area contributed by atoms with Crippen LogP contribution in [0.25, 0.3) is 77.2 Å². The van der Waals surface area contributed by atoms with Crippen LogP contribution in [0.3, 0.4) is 0 Å². The Labute approximate surface area is 331 Å². The normalized spacial score (nSPS) is 11.5. The van der Waals surface area contributed by atoms with Gasteiger partial charge in [0.25, 0.3) is 0 Å². The van der Waals surface area contributed by atoms with Crippen LogP contribution in [-0.2, 0) is 0 Å². The molecule has 11 rings (SSSR count). The van der Waals surface area contributed by atoms with E-state index in [4.69, 9.17) is 0 Å². The predicted molar refractivity (Wildman–Crippen MR) is 241 cm³/mol. The molecule has 2 aromatic heterocycles. The van der Waals surface area contributed by atoms with Crippen LogP contribution in [0.2, 0.25) is 0 Å². The summed E-state index contributed by atoms with van der Waals surface area (Å²) in [5, 5.41) is 4.89. The zero-order valence-corrected chi connectivity index (χ0v) is 31.2. The highest BCUT2D eigenvalue weighted by Gasteiger charge is 2.20. The average molecular weight is 728 g/mol. The van der Waals surface area contributed by atoms with Crippen molar-refractivity contribution in [2.24, 2.45) is 0 Å². The molecule has 3 heteroatoms. The number of rotatable bonds is 7. The monoisotopic (exact) mass is 727 g/mol. The zero-order chi connectivity index (χ0) is 37.7. The van der Waals surface area contributed by atoms with Gasteiger partial charge in [-0.05, 0) is 107 Å². The van der Waals surface area contributed by atoms with Crippen molar-refractivity contribution in [3.05, 3.63) is 224 Å². The van der Waals surface area contributed by atoms with E-state index in [0.29, 0.717) is 0 Å². The molecule has 0 saturated heterocycles. The van der Waals surface area contributed by atoms with Gasteiger partial charge in [-0.3, -0.25) is 0 Å². The van der Waals surface area contributed by atoms with Gasteiger partial charge in [-0.25, -0.2) is 0 Å². The highest BCUT2D eigenvalue weighted by molar-refractivity contribution is 6.12. The Kier molecular flexibility index (Phi) is 7.82. The fraction of sp³-hybridized carbons (Fsp3) is 0. The highest BCUT2D eigenvalue weighted by Crippen LogP contribution is 2.42. The molecule has 57 heavy (non-hydrogen) atoms. The lowest BCUT2D eigenvalue weighted by Gasteiger charge is -2.26. The molecule has 0 atom stereocenters. The first-order chi connectivity index (χ1) is 28.3.